The fraction of sp³-hybridized carbons (Fsp3) is 0.714. The number of tetrazole rings is 1. The second-order valence-electron chi connectivity index (χ2n) is 3.00. The van der Waals surface area contributed by atoms with Crippen LogP contribution < -0.4 is 0 Å². The summed E-state index contributed by atoms with van der Waals surface area (Å²) in [6.07, 6.45) is -0.0734. The molecule has 0 aliphatic heterocycles. The van der Waals surface area contributed by atoms with Gasteiger partial charge in [-0.1, -0.05) is 23.2 Å². The summed E-state index contributed by atoms with van der Waals surface area (Å²) in [5, 5.41) is 10.4. The SMILES string of the molecule is COC(=O)C(Cl)(Cl)C[C@@H](Cl)c1nnn(C)n1. The molecule has 0 radical (unpaired) electrons. The van der Waals surface area contributed by atoms with Crippen molar-refractivity contribution in [3.05, 3.63) is 5.82 Å². The number of nitrogens with zero attached hydrogens (tertiary/aromatic N) is 4. The molecule has 1 aromatic rings. The predicted molar refractivity (Wildman–Crippen MR) is 58.5 cm³/mol. The maximum absolute atomic E-state index is 11.2. The number of aryl methyl sites for hydroxylation is 1. The van der Waals surface area contributed by atoms with Gasteiger partial charge in [-0.05, 0) is 5.21 Å². The molecule has 0 saturated carbocycles. The van der Waals surface area contributed by atoms with Crippen molar-refractivity contribution in [1.29, 1.82) is 0 Å². The average Bonchev–Trinajstić information content (AvgIpc) is 2.63. The van der Waals surface area contributed by atoms with E-state index in [2.05, 4.69) is 20.1 Å². The molecule has 1 heterocycles. The normalized spacial score (nSPS) is 13.6. The van der Waals surface area contributed by atoms with Crippen molar-refractivity contribution in [2.45, 2.75) is 16.1 Å². The van der Waals surface area contributed by atoms with Crippen molar-refractivity contribution in [1.82, 2.24) is 20.2 Å². The van der Waals surface area contributed by atoms with Gasteiger partial charge in [-0.25, -0.2) is 4.79 Å². The molecule has 9 heteroatoms. The van der Waals surface area contributed by atoms with Gasteiger partial charge in [-0.15, -0.1) is 21.8 Å². The molecule has 0 amide bonds. The Morgan fingerprint density at radius 3 is 2.69 bits per heavy atom. The number of esters is 1. The summed E-state index contributed by atoms with van der Waals surface area (Å²) in [7, 11) is 2.78. The van der Waals surface area contributed by atoms with Crippen LogP contribution in [0.1, 0.15) is 17.6 Å². The van der Waals surface area contributed by atoms with Gasteiger partial charge in [0.05, 0.1) is 14.2 Å². The summed E-state index contributed by atoms with van der Waals surface area (Å²) in [6.45, 7) is 0. The van der Waals surface area contributed by atoms with E-state index >= 15 is 0 Å². The molecule has 1 aromatic heterocycles. The highest BCUT2D eigenvalue weighted by atomic mass is 35.5. The number of carbonyl (C=O) groups excluding carboxylic acids is 1. The smallest absolute Gasteiger partial charge is 0.342 e. The van der Waals surface area contributed by atoms with E-state index in [9.17, 15) is 4.79 Å². The summed E-state index contributed by atoms with van der Waals surface area (Å²) in [6, 6.07) is 0. The number of hydrogen-bond donors (Lipinski definition) is 0. The Kier molecular flexibility index (Phi) is 4.35. The van der Waals surface area contributed by atoms with E-state index < -0.39 is 15.7 Å². The molecule has 0 aliphatic rings. The lowest BCUT2D eigenvalue weighted by atomic mass is 10.2. The quantitative estimate of drug-likeness (QED) is 0.615. The Bertz CT molecular complexity index is 381. The van der Waals surface area contributed by atoms with Crippen LogP contribution in [0.3, 0.4) is 0 Å². The van der Waals surface area contributed by atoms with E-state index in [1.54, 1.807) is 7.05 Å². The van der Waals surface area contributed by atoms with Crippen LogP contribution in [0, 0.1) is 0 Å². The molecule has 1 rings (SSSR count). The van der Waals surface area contributed by atoms with E-state index in [0.717, 1.165) is 0 Å². The zero-order chi connectivity index (χ0) is 12.3. The third-order valence-electron chi connectivity index (χ3n) is 1.72. The van der Waals surface area contributed by atoms with Crippen LogP contribution in [-0.2, 0) is 16.6 Å². The highest BCUT2D eigenvalue weighted by Crippen LogP contribution is 2.35. The molecule has 0 aliphatic carbocycles. The summed E-state index contributed by atoms with van der Waals surface area (Å²) < 4.78 is 2.71. The minimum absolute atomic E-state index is 0.0734. The molecule has 0 unspecified atom stereocenters. The van der Waals surface area contributed by atoms with Gasteiger partial charge in [0.15, 0.2) is 5.82 Å². The minimum Gasteiger partial charge on any atom is -0.467 e. The minimum atomic E-state index is -1.72. The van der Waals surface area contributed by atoms with Crippen LogP contribution in [0.5, 0.6) is 0 Å². The molecule has 0 bridgehead atoms. The topological polar surface area (TPSA) is 69.9 Å². The van der Waals surface area contributed by atoms with Crippen LogP contribution in [0.2, 0.25) is 0 Å². The van der Waals surface area contributed by atoms with Crippen LogP contribution in [-0.4, -0.2) is 37.6 Å². The Morgan fingerprint density at radius 1 is 1.62 bits per heavy atom. The van der Waals surface area contributed by atoms with Crippen molar-refractivity contribution in [3.8, 4) is 0 Å². The molecule has 90 valence electrons. The first kappa shape index (κ1) is 13.5. The van der Waals surface area contributed by atoms with Gasteiger partial charge in [-0.3, -0.25) is 0 Å². The second kappa shape index (κ2) is 5.16. The number of carbonyl (C=O) groups is 1. The lowest BCUT2D eigenvalue weighted by molar-refractivity contribution is -0.141. The molecule has 6 nitrogen and oxygen atoms in total. The van der Waals surface area contributed by atoms with E-state index in [-0.39, 0.29) is 12.2 Å². The summed E-state index contributed by atoms with van der Waals surface area (Å²) in [5.41, 5.74) is 0. The lowest BCUT2D eigenvalue weighted by Gasteiger charge is -2.17. The van der Waals surface area contributed by atoms with Crippen LogP contribution in [0.25, 0.3) is 0 Å². The Hall–Kier alpha value is -0.590. The standard InChI is InChI=1S/C7H9Cl3N4O2/c1-14-12-5(11-13-14)4(8)3-7(9,10)6(15)16-2/h4H,3H2,1-2H3/t4-/m1/s1. The fourth-order valence-corrected chi connectivity index (χ4v) is 1.91. The van der Waals surface area contributed by atoms with Gasteiger partial charge in [0.25, 0.3) is 0 Å². The second-order valence-corrected chi connectivity index (χ2v) is 5.02. The van der Waals surface area contributed by atoms with Gasteiger partial charge in [-0.2, -0.15) is 4.80 Å². The Morgan fingerprint density at radius 2 is 2.25 bits per heavy atom. The highest BCUT2D eigenvalue weighted by Gasteiger charge is 2.38. The van der Waals surface area contributed by atoms with Gasteiger partial charge >= 0.3 is 5.97 Å². The number of ether oxygens (including phenoxy) is 1. The van der Waals surface area contributed by atoms with Crippen molar-refractivity contribution < 1.29 is 9.53 Å². The number of hydrogen-bond acceptors (Lipinski definition) is 5. The molecule has 0 N–H and O–H groups in total. The number of aromatic nitrogens is 4. The predicted octanol–water partition coefficient (Wildman–Crippen LogP) is 1.23. The summed E-state index contributed by atoms with van der Waals surface area (Å²) >= 11 is 17.5. The molecule has 16 heavy (non-hydrogen) atoms. The van der Waals surface area contributed by atoms with Gasteiger partial charge in [0.2, 0.25) is 4.33 Å². The van der Waals surface area contributed by atoms with E-state index in [1.807, 2.05) is 0 Å². The molecule has 0 fully saturated rings. The van der Waals surface area contributed by atoms with Gasteiger partial charge in [0.1, 0.15) is 5.38 Å². The Balaban J connectivity index is 2.70. The van der Waals surface area contributed by atoms with E-state index in [0.29, 0.717) is 0 Å². The third kappa shape index (κ3) is 3.20. The largest absolute Gasteiger partial charge is 0.467 e. The number of alkyl halides is 3. The molecule has 1 atom stereocenters. The van der Waals surface area contributed by atoms with E-state index in [4.69, 9.17) is 34.8 Å². The maximum atomic E-state index is 11.2. The maximum Gasteiger partial charge on any atom is 0.342 e. The van der Waals surface area contributed by atoms with Crippen LogP contribution in [0.15, 0.2) is 0 Å². The van der Waals surface area contributed by atoms with Gasteiger partial charge < -0.3 is 4.74 Å². The fourth-order valence-electron chi connectivity index (χ4n) is 0.973. The third-order valence-corrected chi connectivity index (χ3v) is 2.69. The first-order valence-corrected chi connectivity index (χ1v) is 5.40. The Labute approximate surface area is 107 Å². The monoisotopic (exact) mass is 286 g/mol. The summed E-state index contributed by atoms with van der Waals surface area (Å²) in [4.78, 5) is 12.4. The van der Waals surface area contributed by atoms with Crippen LogP contribution in [0.4, 0.5) is 0 Å². The summed E-state index contributed by atoms with van der Waals surface area (Å²) in [5.74, 6) is -0.524. The van der Waals surface area contributed by atoms with E-state index in [1.165, 1.54) is 11.9 Å². The zero-order valence-electron chi connectivity index (χ0n) is 8.52. The first-order chi connectivity index (χ1) is 7.36. The first-order valence-electron chi connectivity index (χ1n) is 4.21. The van der Waals surface area contributed by atoms with Crippen LogP contribution >= 0.6 is 34.8 Å². The van der Waals surface area contributed by atoms with Crippen molar-refractivity contribution >= 4 is 40.8 Å². The molecule has 0 spiro atoms. The molecular formula is C7H9Cl3N4O2. The molecular weight excluding hydrogens is 278 g/mol. The zero-order valence-corrected chi connectivity index (χ0v) is 10.8. The van der Waals surface area contributed by atoms with Gasteiger partial charge in [0, 0.05) is 6.42 Å². The highest BCUT2D eigenvalue weighted by molar-refractivity contribution is 6.57. The number of halogens is 3. The number of methoxy groups -OCH3 is 1. The lowest BCUT2D eigenvalue weighted by Crippen LogP contribution is -2.28. The molecule has 0 aromatic carbocycles. The van der Waals surface area contributed by atoms with Crippen molar-refractivity contribution in [2.24, 2.45) is 7.05 Å². The van der Waals surface area contributed by atoms with Crippen molar-refractivity contribution in [2.75, 3.05) is 7.11 Å². The van der Waals surface area contributed by atoms with Crippen molar-refractivity contribution in [3.63, 3.8) is 0 Å². The molecule has 0 saturated heterocycles. The average molecular weight is 288 g/mol. The number of rotatable bonds is 4.